The zero-order chi connectivity index (χ0) is 11.6. The highest BCUT2D eigenvalue weighted by atomic mass is 32.1. The van der Waals surface area contributed by atoms with Gasteiger partial charge in [0.15, 0.2) is 5.82 Å². The molecule has 2 N–H and O–H groups in total. The van der Waals surface area contributed by atoms with Crippen molar-refractivity contribution >= 4 is 11.3 Å². The maximum atomic E-state index is 4.44. The van der Waals surface area contributed by atoms with Gasteiger partial charge in [-0.1, -0.05) is 6.07 Å². The smallest absolute Gasteiger partial charge is 0.191 e. The number of aromatic nitrogens is 3. The molecule has 0 aliphatic rings. The Morgan fingerprint density at radius 3 is 2.88 bits per heavy atom. The van der Waals surface area contributed by atoms with Crippen molar-refractivity contribution in [2.75, 3.05) is 0 Å². The molecule has 2 aromatic rings. The highest BCUT2D eigenvalue weighted by molar-refractivity contribution is 7.13. The minimum atomic E-state index is 0.0931. The molecule has 0 fully saturated rings. The van der Waals surface area contributed by atoms with Crippen LogP contribution >= 0.6 is 11.3 Å². The average molecular weight is 236 g/mol. The van der Waals surface area contributed by atoms with Gasteiger partial charge < -0.3 is 5.32 Å². The van der Waals surface area contributed by atoms with E-state index in [9.17, 15) is 0 Å². The maximum absolute atomic E-state index is 4.44. The van der Waals surface area contributed by atoms with E-state index in [0.29, 0.717) is 6.54 Å². The molecule has 0 aliphatic carbocycles. The third-order valence-electron chi connectivity index (χ3n) is 2.06. The highest BCUT2D eigenvalue weighted by Crippen LogP contribution is 2.20. The van der Waals surface area contributed by atoms with Gasteiger partial charge in [0.1, 0.15) is 5.82 Å². The minimum absolute atomic E-state index is 0.0931. The molecule has 2 heterocycles. The fourth-order valence-electron chi connectivity index (χ4n) is 1.24. The summed E-state index contributed by atoms with van der Waals surface area (Å²) in [6.07, 6.45) is 0. The molecule has 0 saturated heterocycles. The molecule has 0 spiro atoms. The Balaban J connectivity index is 2.03. The molecule has 86 valence electrons. The Labute approximate surface area is 99.1 Å². The second-order valence-electron chi connectivity index (χ2n) is 4.69. The van der Waals surface area contributed by atoms with Crippen molar-refractivity contribution in [2.45, 2.75) is 32.9 Å². The fourth-order valence-corrected chi connectivity index (χ4v) is 1.90. The summed E-state index contributed by atoms with van der Waals surface area (Å²) in [4.78, 5) is 5.53. The van der Waals surface area contributed by atoms with E-state index in [4.69, 9.17) is 0 Å². The Bertz CT molecular complexity index is 439. The number of H-pyrrole nitrogens is 1. The molecule has 0 unspecified atom stereocenters. The lowest BCUT2D eigenvalue weighted by molar-refractivity contribution is 0.418. The van der Waals surface area contributed by atoms with E-state index in [1.165, 1.54) is 0 Å². The maximum Gasteiger partial charge on any atom is 0.191 e. The molecule has 2 rings (SSSR count). The standard InChI is InChI=1S/C11H16N4S/c1-11(2,3)12-7-9-13-10(15-14-9)8-5-4-6-16-8/h4-6,12H,7H2,1-3H3,(H,13,14,15). The third-order valence-corrected chi connectivity index (χ3v) is 2.93. The normalized spacial score (nSPS) is 11.9. The number of hydrogen-bond donors (Lipinski definition) is 2. The van der Waals surface area contributed by atoms with Crippen LogP contribution in [0.25, 0.3) is 10.7 Å². The van der Waals surface area contributed by atoms with Crippen molar-refractivity contribution in [3.8, 4) is 10.7 Å². The summed E-state index contributed by atoms with van der Waals surface area (Å²) in [7, 11) is 0. The first kappa shape index (κ1) is 11.3. The van der Waals surface area contributed by atoms with Crippen LogP contribution in [0, 0.1) is 0 Å². The van der Waals surface area contributed by atoms with Crippen LogP contribution in [0.1, 0.15) is 26.6 Å². The molecule has 5 heteroatoms. The molecular weight excluding hydrogens is 220 g/mol. The molecule has 0 saturated carbocycles. The van der Waals surface area contributed by atoms with E-state index in [-0.39, 0.29) is 5.54 Å². The van der Waals surface area contributed by atoms with Gasteiger partial charge in [0.25, 0.3) is 0 Å². The topological polar surface area (TPSA) is 53.6 Å². The average Bonchev–Trinajstić information content (AvgIpc) is 2.84. The van der Waals surface area contributed by atoms with Crippen molar-refractivity contribution in [1.29, 1.82) is 0 Å². The summed E-state index contributed by atoms with van der Waals surface area (Å²) in [5.41, 5.74) is 0.0931. The number of thiophene rings is 1. The van der Waals surface area contributed by atoms with Crippen LogP contribution in [0.5, 0.6) is 0 Å². The van der Waals surface area contributed by atoms with Gasteiger partial charge in [0.05, 0.1) is 11.4 Å². The third kappa shape index (κ3) is 2.90. The Morgan fingerprint density at radius 1 is 1.44 bits per heavy atom. The Morgan fingerprint density at radius 2 is 2.25 bits per heavy atom. The number of nitrogens with one attached hydrogen (secondary N) is 2. The van der Waals surface area contributed by atoms with Crippen LogP contribution in [-0.4, -0.2) is 20.7 Å². The van der Waals surface area contributed by atoms with E-state index >= 15 is 0 Å². The second kappa shape index (κ2) is 4.35. The summed E-state index contributed by atoms with van der Waals surface area (Å²) in [5, 5.41) is 12.5. The lowest BCUT2D eigenvalue weighted by atomic mass is 10.1. The highest BCUT2D eigenvalue weighted by Gasteiger charge is 2.11. The van der Waals surface area contributed by atoms with Gasteiger partial charge in [0.2, 0.25) is 0 Å². The van der Waals surface area contributed by atoms with Crippen LogP contribution < -0.4 is 5.32 Å². The van der Waals surface area contributed by atoms with E-state index in [0.717, 1.165) is 16.5 Å². The monoisotopic (exact) mass is 236 g/mol. The number of hydrogen-bond acceptors (Lipinski definition) is 4. The zero-order valence-corrected chi connectivity index (χ0v) is 10.6. The fraction of sp³-hybridized carbons (Fsp3) is 0.455. The van der Waals surface area contributed by atoms with Crippen LogP contribution in [0.4, 0.5) is 0 Å². The first-order valence-corrected chi connectivity index (χ1v) is 6.13. The summed E-state index contributed by atoms with van der Waals surface area (Å²) < 4.78 is 0. The molecular formula is C11H16N4S. The molecule has 16 heavy (non-hydrogen) atoms. The summed E-state index contributed by atoms with van der Waals surface area (Å²) in [6.45, 7) is 7.10. The molecule has 2 aromatic heterocycles. The quantitative estimate of drug-likeness (QED) is 0.860. The Hall–Kier alpha value is -1.20. The van der Waals surface area contributed by atoms with Crippen molar-refractivity contribution in [2.24, 2.45) is 0 Å². The van der Waals surface area contributed by atoms with Gasteiger partial charge in [-0.15, -0.1) is 11.3 Å². The van der Waals surface area contributed by atoms with Gasteiger partial charge in [-0.2, -0.15) is 5.10 Å². The molecule has 0 atom stereocenters. The van der Waals surface area contributed by atoms with Crippen LogP contribution in [-0.2, 0) is 6.54 Å². The summed E-state index contributed by atoms with van der Waals surface area (Å²) in [5.74, 6) is 1.65. The van der Waals surface area contributed by atoms with Gasteiger partial charge >= 0.3 is 0 Å². The lowest BCUT2D eigenvalue weighted by Gasteiger charge is -2.19. The van der Waals surface area contributed by atoms with Gasteiger partial charge in [-0.05, 0) is 32.2 Å². The van der Waals surface area contributed by atoms with E-state index in [1.807, 2.05) is 17.5 Å². The van der Waals surface area contributed by atoms with E-state index in [2.05, 4.69) is 41.3 Å². The first-order chi connectivity index (χ1) is 7.54. The minimum Gasteiger partial charge on any atom is -0.305 e. The van der Waals surface area contributed by atoms with Crippen molar-refractivity contribution in [3.63, 3.8) is 0 Å². The molecule has 4 nitrogen and oxygen atoms in total. The van der Waals surface area contributed by atoms with Crippen molar-refractivity contribution in [1.82, 2.24) is 20.5 Å². The number of rotatable bonds is 3. The number of nitrogens with zero attached hydrogens (tertiary/aromatic N) is 2. The van der Waals surface area contributed by atoms with E-state index < -0.39 is 0 Å². The van der Waals surface area contributed by atoms with E-state index in [1.54, 1.807) is 11.3 Å². The summed E-state index contributed by atoms with van der Waals surface area (Å²) in [6, 6.07) is 4.03. The van der Waals surface area contributed by atoms with Crippen LogP contribution in [0.15, 0.2) is 17.5 Å². The molecule has 0 aliphatic heterocycles. The predicted octanol–water partition coefficient (Wildman–Crippen LogP) is 2.42. The predicted molar refractivity (Wildman–Crippen MR) is 66.3 cm³/mol. The molecule has 0 radical (unpaired) electrons. The SMILES string of the molecule is CC(C)(C)NCc1nc(-c2cccs2)n[nH]1. The Kier molecular flexibility index (Phi) is 3.07. The van der Waals surface area contributed by atoms with Crippen molar-refractivity contribution in [3.05, 3.63) is 23.3 Å². The lowest BCUT2D eigenvalue weighted by Crippen LogP contribution is -2.35. The van der Waals surface area contributed by atoms with Gasteiger partial charge in [0, 0.05) is 5.54 Å². The summed E-state index contributed by atoms with van der Waals surface area (Å²) >= 11 is 1.65. The largest absolute Gasteiger partial charge is 0.305 e. The van der Waals surface area contributed by atoms with Crippen LogP contribution in [0.3, 0.4) is 0 Å². The van der Waals surface area contributed by atoms with Gasteiger partial charge in [-0.25, -0.2) is 4.98 Å². The van der Waals surface area contributed by atoms with Crippen molar-refractivity contribution < 1.29 is 0 Å². The molecule has 0 bridgehead atoms. The molecule has 0 amide bonds. The first-order valence-electron chi connectivity index (χ1n) is 5.25. The van der Waals surface area contributed by atoms with Crippen LogP contribution in [0.2, 0.25) is 0 Å². The zero-order valence-electron chi connectivity index (χ0n) is 9.74. The number of aromatic amines is 1. The second-order valence-corrected chi connectivity index (χ2v) is 5.63. The van der Waals surface area contributed by atoms with Gasteiger partial charge in [-0.3, -0.25) is 5.10 Å². The molecule has 0 aromatic carbocycles.